The van der Waals surface area contributed by atoms with Crippen molar-refractivity contribution in [1.82, 2.24) is 25.1 Å². The van der Waals surface area contributed by atoms with Crippen molar-refractivity contribution < 1.29 is 23.8 Å². The second-order valence-corrected chi connectivity index (χ2v) is 12.7. The molecule has 1 aliphatic rings. The zero-order chi connectivity index (χ0) is 33.5. The summed E-state index contributed by atoms with van der Waals surface area (Å²) in [7, 11) is 4.69. The highest BCUT2D eigenvalue weighted by Gasteiger charge is 2.33. The maximum Gasteiger partial charge on any atom is 0.253 e. The first-order valence-electron chi connectivity index (χ1n) is 15.1. The Kier molecular flexibility index (Phi) is 10.4. The van der Waals surface area contributed by atoms with Crippen LogP contribution in [0.2, 0.25) is 0 Å². The van der Waals surface area contributed by atoms with Crippen molar-refractivity contribution >= 4 is 40.6 Å². The second kappa shape index (κ2) is 15.2. The summed E-state index contributed by atoms with van der Waals surface area (Å²) < 4.78 is 17.9. The van der Waals surface area contributed by atoms with Crippen LogP contribution >= 0.6 is 23.1 Å². The summed E-state index contributed by atoms with van der Waals surface area (Å²) in [4.78, 5) is 28.0. The van der Waals surface area contributed by atoms with E-state index in [4.69, 9.17) is 19.3 Å². The van der Waals surface area contributed by atoms with E-state index in [1.165, 1.54) is 26.0 Å². The molecule has 11 nitrogen and oxygen atoms in total. The minimum absolute atomic E-state index is 0.0940. The summed E-state index contributed by atoms with van der Waals surface area (Å²) in [5, 5.41) is 20.7. The van der Waals surface area contributed by atoms with Gasteiger partial charge in [-0.05, 0) is 46.8 Å². The molecular formula is C35H34N6O5S2. The molecule has 5 aromatic rings. The Bertz CT molecular complexity index is 1870. The first-order valence-corrected chi connectivity index (χ1v) is 17.0. The Morgan fingerprint density at radius 1 is 0.896 bits per heavy atom. The third-order valence-corrected chi connectivity index (χ3v) is 9.66. The number of hydrazone groups is 1. The van der Waals surface area contributed by atoms with Gasteiger partial charge in [-0.2, -0.15) is 5.10 Å². The number of benzene rings is 3. The predicted molar refractivity (Wildman–Crippen MR) is 185 cm³/mol. The zero-order valence-electron chi connectivity index (χ0n) is 26.7. The van der Waals surface area contributed by atoms with Crippen molar-refractivity contribution in [2.45, 2.75) is 30.7 Å². The van der Waals surface area contributed by atoms with Crippen molar-refractivity contribution in [2.75, 3.05) is 27.1 Å². The molecule has 246 valence electrons. The molecule has 0 saturated carbocycles. The fourth-order valence-corrected chi connectivity index (χ4v) is 6.82. The van der Waals surface area contributed by atoms with Gasteiger partial charge in [-0.25, -0.2) is 5.01 Å². The van der Waals surface area contributed by atoms with Crippen LogP contribution in [-0.4, -0.2) is 64.4 Å². The van der Waals surface area contributed by atoms with Crippen LogP contribution in [0.4, 0.5) is 0 Å². The standard InChI is InChI=1S/C35H34N6O5S2/c1-44-26-13-11-24(12-14-26)30-19-29(31-10-7-15-47-31)39-41(30)33(42)22-48-35-38-37-32(40(35)21-23-8-5-4-6-9-23)20-36-34(43)25-16-27(45-2)18-28(17-25)46-3/h4-18,30H,19-22H2,1-3H3,(H,36,43)/t30-/m0/s1. The number of carbonyl (C=O) groups is 2. The summed E-state index contributed by atoms with van der Waals surface area (Å²) in [5.74, 6) is 1.94. The Morgan fingerprint density at radius 2 is 1.62 bits per heavy atom. The third kappa shape index (κ3) is 7.53. The monoisotopic (exact) mass is 682 g/mol. The Morgan fingerprint density at radius 3 is 2.29 bits per heavy atom. The van der Waals surface area contributed by atoms with Gasteiger partial charge in [0.25, 0.3) is 11.8 Å². The number of hydrogen-bond donors (Lipinski definition) is 1. The molecule has 2 aromatic heterocycles. The van der Waals surface area contributed by atoms with E-state index in [0.29, 0.717) is 41.0 Å². The maximum absolute atomic E-state index is 13.8. The number of nitrogens with zero attached hydrogens (tertiary/aromatic N) is 5. The first kappa shape index (κ1) is 32.8. The molecule has 2 amide bonds. The van der Waals surface area contributed by atoms with E-state index in [0.717, 1.165) is 27.5 Å². The van der Waals surface area contributed by atoms with Gasteiger partial charge in [-0.1, -0.05) is 60.3 Å². The summed E-state index contributed by atoms with van der Waals surface area (Å²) in [6, 6.07) is 26.4. The van der Waals surface area contributed by atoms with Gasteiger partial charge in [-0.3, -0.25) is 9.59 Å². The molecule has 1 aliphatic heterocycles. The summed E-state index contributed by atoms with van der Waals surface area (Å²) in [5.41, 5.74) is 3.27. The Labute approximate surface area is 286 Å². The number of ether oxygens (including phenoxy) is 3. The molecule has 1 atom stereocenters. The average molecular weight is 683 g/mol. The lowest BCUT2D eigenvalue weighted by Crippen LogP contribution is -2.28. The largest absolute Gasteiger partial charge is 0.497 e. The van der Waals surface area contributed by atoms with Crippen LogP contribution in [0.25, 0.3) is 0 Å². The average Bonchev–Trinajstić information content (AvgIpc) is 3.91. The smallest absolute Gasteiger partial charge is 0.253 e. The molecule has 0 radical (unpaired) electrons. The molecular weight excluding hydrogens is 649 g/mol. The van der Waals surface area contributed by atoms with Crippen molar-refractivity contribution in [1.29, 1.82) is 0 Å². The van der Waals surface area contributed by atoms with Crippen molar-refractivity contribution in [2.24, 2.45) is 5.10 Å². The lowest BCUT2D eigenvalue weighted by Gasteiger charge is -2.22. The number of aromatic nitrogens is 3. The second-order valence-electron chi connectivity index (χ2n) is 10.8. The van der Waals surface area contributed by atoms with Crippen molar-refractivity contribution in [3.05, 3.63) is 118 Å². The molecule has 0 bridgehead atoms. The van der Waals surface area contributed by atoms with Crippen LogP contribution in [0, 0.1) is 0 Å². The Hall–Kier alpha value is -5.14. The number of rotatable bonds is 13. The quantitative estimate of drug-likeness (QED) is 0.155. The highest BCUT2D eigenvalue weighted by atomic mass is 32.2. The zero-order valence-corrected chi connectivity index (χ0v) is 28.3. The molecule has 0 unspecified atom stereocenters. The SMILES string of the molecule is COc1ccc([C@@H]2CC(c3cccs3)=NN2C(=O)CSc2nnc(CNC(=O)c3cc(OC)cc(OC)c3)n2Cc2ccccc2)cc1. The van der Waals surface area contributed by atoms with E-state index in [9.17, 15) is 9.59 Å². The van der Waals surface area contributed by atoms with Crippen LogP contribution in [0.15, 0.2) is 101 Å². The van der Waals surface area contributed by atoms with Crippen LogP contribution in [0.5, 0.6) is 17.2 Å². The minimum Gasteiger partial charge on any atom is -0.497 e. The van der Waals surface area contributed by atoms with Gasteiger partial charge in [-0.15, -0.1) is 21.5 Å². The van der Waals surface area contributed by atoms with Gasteiger partial charge in [0, 0.05) is 18.1 Å². The minimum atomic E-state index is -0.316. The van der Waals surface area contributed by atoms with Crippen LogP contribution in [-0.2, 0) is 17.9 Å². The maximum atomic E-state index is 13.8. The number of thioether (sulfide) groups is 1. The summed E-state index contributed by atoms with van der Waals surface area (Å²) in [6.45, 7) is 0.578. The van der Waals surface area contributed by atoms with Gasteiger partial charge in [0.1, 0.15) is 17.2 Å². The molecule has 0 saturated heterocycles. The van der Waals surface area contributed by atoms with Gasteiger partial charge >= 0.3 is 0 Å². The number of amides is 2. The highest BCUT2D eigenvalue weighted by molar-refractivity contribution is 7.99. The molecule has 3 aromatic carbocycles. The van der Waals surface area contributed by atoms with Crippen LogP contribution < -0.4 is 19.5 Å². The van der Waals surface area contributed by atoms with E-state index in [1.807, 2.05) is 76.7 Å². The fraction of sp³-hybridized carbons (Fsp3) is 0.229. The Balaban J connectivity index is 1.21. The molecule has 0 aliphatic carbocycles. The van der Waals surface area contributed by atoms with E-state index in [1.54, 1.807) is 41.7 Å². The van der Waals surface area contributed by atoms with E-state index in [-0.39, 0.29) is 30.2 Å². The summed E-state index contributed by atoms with van der Waals surface area (Å²) in [6.07, 6.45) is 0.608. The molecule has 6 rings (SSSR count). The van der Waals surface area contributed by atoms with E-state index < -0.39 is 0 Å². The number of nitrogens with one attached hydrogen (secondary N) is 1. The van der Waals surface area contributed by atoms with Gasteiger partial charge in [0.2, 0.25) is 0 Å². The lowest BCUT2D eigenvalue weighted by atomic mass is 10.0. The molecule has 13 heteroatoms. The van der Waals surface area contributed by atoms with Gasteiger partial charge < -0.3 is 24.1 Å². The number of hydrogen-bond acceptors (Lipinski definition) is 10. The number of methoxy groups -OCH3 is 3. The lowest BCUT2D eigenvalue weighted by molar-refractivity contribution is -0.130. The van der Waals surface area contributed by atoms with E-state index in [2.05, 4.69) is 15.5 Å². The summed E-state index contributed by atoms with van der Waals surface area (Å²) >= 11 is 2.89. The molecule has 48 heavy (non-hydrogen) atoms. The molecule has 0 spiro atoms. The van der Waals surface area contributed by atoms with Crippen molar-refractivity contribution in [3.8, 4) is 17.2 Å². The normalized spacial score (nSPS) is 14.0. The third-order valence-electron chi connectivity index (χ3n) is 7.79. The topological polar surface area (TPSA) is 120 Å². The highest BCUT2D eigenvalue weighted by Crippen LogP contribution is 2.35. The predicted octanol–water partition coefficient (Wildman–Crippen LogP) is 5.81. The van der Waals surface area contributed by atoms with Crippen LogP contribution in [0.3, 0.4) is 0 Å². The van der Waals surface area contributed by atoms with E-state index >= 15 is 0 Å². The fourth-order valence-electron chi connectivity index (χ4n) is 5.29. The van der Waals surface area contributed by atoms with Crippen LogP contribution in [0.1, 0.15) is 44.6 Å². The number of thiophene rings is 1. The molecule has 0 fully saturated rings. The van der Waals surface area contributed by atoms with Gasteiger partial charge in [0.05, 0.1) is 56.8 Å². The van der Waals surface area contributed by atoms with Crippen molar-refractivity contribution in [3.63, 3.8) is 0 Å². The number of carbonyl (C=O) groups excluding carboxylic acids is 2. The van der Waals surface area contributed by atoms with Gasteiger partial charge in [0.15, 0.2) is 11.0 Å². The molecule has 1 N–H and O–H groups in total. The first-order chi connectivity index (χ1) is 23.4. The molecule has 3 heterocycles.